The molecule has 2 aromatic carbocycles. The molecule has 30 heavy (non-hydrogen) atoms. The fourth-order valence-electron chi connectivity index (χ4n) is 3.82. The van der Waals surface area contributed by atoms with Crippen LogP contribution in [0, 0.1) is 18.6 Å². The second-order valence-electron chi connectivity index (χ2n) is 8.03. The molecule has 0 radical (unpaired) electrons. The fraction of sp³-hybridized carbons (Fsp3) is 0.364. The molecule has 158 valence electrons. The summed E-state index contributed by atoms with van der Waals surface area (Å²) in [6.07, 6.45) is 0.648. The highest BCUT2D eigenvalue weighted by Crippen LogP contribution is 2.25. The van der Waals surface area contributed by atoms with Gasteiger partial charge < -0.3 is 0 Å². The summed E-state index contributed by atoms with van der Waals surface area (Å²) in [5.74, 6) is 1.22. The van der Waals surface area contributed by atoms with E-state index in [-0.39, 0.29) is 17.5 Å². The zero-order valence-corrected chi connectivity index (χ0v) is 19.1. The van der Waals surface area contributed by atoms with Crippen LogP contribution in [0.4, 0.5) is 0 Å². The number of aryl methyl sites for hydroxylation is 2. The Morgan fingerprint density at radius 1 is 1.13 bits per heavy atom. The van der Waals surface area contributed by atoms with Gasteiger partial charge in [0.05, 0.1) is 23.9 Å². The molecule has 1 aliphatic heterocycles. The summed E-state index contributed by atoms with van der Waals surface area (Å²) in [5, 5.41) is 4.84. The van der Waals surface area contributed by atoms with Crippen molar-refractivity contribution in [2.75, 3.05) is 18.6 Å². The first-order valence-electron chi connectivity index (χ1n) is 9.99. The highest BCUT2D eigenvalue weighted by atomic mass is 32.2. The van der Waals surface area contributed by atoms with E-state index in [1.807, 2.05) is 46.8 Å². The van der Waals surface area contributed by atoms with Gasteiger partial charge in [0, 0.05) is 11.6 Å². The maximum Gasteiger partial charge on any atom is 0.204 e. The van der Waals surface area contributed by atoms with Crippen LogP contribution in [0.25, 0.3) is 17.1 Å². The van der Waals surface area contributed by atoms with Crippen LogP contribution in [0.1, 0.15) is 17.5 Å². The summed E-state index contributed by atoms with van der Waals surface area (Å²) in [4.78, 5) is 2.03. The molecule has 2 heterocycles. The van der Waals surface area contributed by atoms with E-state index >= 15 is 0 Å². The molecule has 3 aromatic rings. The zero-order valence-electron chi connectivity index (χ0n) is 17.4. The maximum atomic E-state index is 11.9. The monoisotopic (exact) mass is 442 g/mol. The third-order valence-electron chi connectivity index (χ3n) is 5.81. The van der Waals surface area contributed by atoms with Crippen molar-refractivity contribution < 1.29 is 8.42 Å². The second-order valence-corrected chi connectivity index (χ2v) is 10.6. The van der Waals surface area contributed by atoms with Crippen LogP contribution in [0.3, 0.4) is 0 Å². The number of rotatable bonds is 5. The van der Waals surface area contributed by atoms with Gasteiger partial charge in [-0.25, -0.2) is 13.1 Å². The smallest absolute Gasteiger partial charge is 0.204 e. The Bertz CT molecular complexity index is 1230. The number of sulfone groups is 1. The molecule has 1 atom stereocenters. The van der Waals surface area contributed by atoms with Gasteiger partial charge in [0.1, 0.15) is 0 Å². The lowest BCUT2D eigenvalue weighted by Crippen LogP contribution is -2.34. The maximum absolute atomic E-state index is 11.9. The molecule has 1 aliphatic rings. The lowest BCUT2D eigenvalue weighted by molar-refractivity contribution is 0.196. The average molecular weight is 443 g/mol. The molecule has 0 saturated carbocycles. The molecule has 0 N–H and O–H groups in total. The minimum Gasteiger partial charge on any atom is -0.283 e. The van der Waals surface area contributed by atoms with Crippen LogP contribution in [0.2, 0.25) is 0 Å². The summed E-state index contributed by atoms with van der Waals surface area (Å²) in [6, 6.07) is 16.2. The number of nitrogens with zero attached hydrogens (tertiary/aromatic N) is 4. The average Bonchev–Trinajstić information content (AvgIpc) is 3.24. The molecule has 8 heteroatoms. The highest BCUT2D eigenvalue weighted by Gasteiger charge is 2.31. The zero-order chi connectivity index (χ0) is 21.5. The predicted octanol–water partition coefficient (Wildman–Crippen LogP) is 3.76. The van der Waals surface area contributed by atoms with Gasteiger partial charge in [0.25, 0.3) is 0 Å². The van der Waals surface area contributed by atoms with E-state index in [1.54, 1.807) is 4.68 Å². The lowest BCUT2D eigenvalue weighted by atomic mass is 10.1. The van der Waals surface area contributed by atoms with Crippen LogP contribution < -0.4 is 0 Å². The Morgan fingerprint density at radius 2 is 1.87 bits per heavy atom. The standard InChI is InChI=1S/C22H26N4O2S2/c1-16-9-10-19(13-17(16)2)26-21(18-7-5-4-6-8-18)23-25(22(26)29)15-24(3)20-11-12-30(27,28)14-20/h4-10,13,20H,11-12,14-15H2,1-3H3/t20-/m1/s1. The van der Waals surface area contributed by atoms with Gasteiger partial charge in [-0.2, -0.15) is 0 Å². The van der Waals surface area contributed by atoms with Gasteiger partial charge in [-0.05, 0) is 62.8 Å². The third-order valence-corrected chi connectivity index (χ3v) is 7.95. The van der Waals surface area contributed by atoms with E-state index in [2.05, 4.69) is 32.0 Å². The number of hydrogen-bond donors (Lipinski definition) is 0. The van der Waals surface area contributed by atoms with Gasteiger partial charge in [0.15, 0.2) is 15.7 Å². The Balaban J connectivity index is 1.76. The van der Waals surface area contributed by atoms with E-state index in [9.17, 15) is 8.42 Å². The molecule has 1 fully saturated rings. The van der Waals surface area contributed by atoms with Crippen molar-refractivity contribution in [3.05, 3.63) is 64.4 Å². The van der Waals surface area contributed by atoms with E-state index in [4.69, 9.17) is 17.3 Å². The van der Waals surface area contributed by atoms with E-state index in [0.29, 0.717) is 17.9 Å². The fourth-order valence-corrected chi connectivity index (χ4v) is 5.92. The summed E-state index contributed by atoms with van der Waals surface area (Å²) in [7, 11) is -1.01. The van der Waals surface area contributed by atoms with Crippen LogP contribution in [-0.2, 0) is 16.5 Å². The van der Waals surface area contributed by atoms with Crippen LogP contribution in [0.15, 0.2) is 48.5 Å². The first-order chi connectivity index (χ1) is 14.2. The van der Waals surface area contributed by atoms with Gasteiger partial charge >= 0.3 is 0 Å². The third kappa shape index (κ3) is 4.12. The van der Waals surface area contributed by atoms with Crippen LogP contribution in [0.5, 0.6) is 0 Å². The van der Waals surface area contributed by atoms with Crippen molar-refractivity contribution in [1.82, 2.24) is 19.2 Å². The normalized spacial score (nSPS) is 18.2. The van der Waals surface area contributed by atoms with Crippen molar-refractivity contribution in [3.8, 4) is 17.1 Å². The molecule has 0 amide bonds. The highest BCUT2D eigenvalue weighted by molar-refractivity contribution is 7.91. The number of hydrogen-bond acceptors (Lipinski definition) is 5. The summed E-state index contributed by atoms with van der Waals surface area (Å²) >= 11 is 5.83. The molecular formula is C22H26N4O2S2. The van der Waals surface area contributed by atoms with Crippen molar-refractivity contribution in [3.63, 3.8) is 0 Å². The van der Waals surface area contributed by atoms with E-state index in [0.717, 1.165) is 17.1 Å². The van der Waals surface area contributed by atoms with Gasteiger partial charge in [-0.15, -0.1) is 5.10 Å². The van der Waals surface area contributed by atoms with Crippen molar-refractivity contribution in [2.24, 2.45) is 0 Å². The van der Waals surface area contributed by atoms with Gasteiger partial charge in [-0.1, -0.05) is 36.4 Å². The first-order valence-corrected chi connectivity index (χ1v) is 12.2. The van der Waals surface area contributed by atoms with E-state index < -0.39 is 9.84 Å². The molecule has 0 bridgehead atoms. The molecule has 1 saturated heterocycles. The Labute approximate surface area is 182 Å². The topological polar surface area (TPSA) is 60.1 Å². The Kier molecular flexibility index (Phi) is 5.65. The van der Waals surface area contributed by atoms with Crippen molar-refractivity contribution >= 4 is 22.1 Å². The van der Waals surface area contributed by atoms with Gasteiger partial charge in [-0.3, -0.25) is 9.47 Å². The molecule has 0 spiro atoms. The van der Waals surface area contributed by atoms with Gasteiger partial charge in [0.2, 0.25) is 4.77 Å². The minimum atomic E-state index is -2.94. The summed E-state index contributed by atoms with van der Waals surface area (Å²) in [6.45, 7) is 4.62. The SMILES string of the molecule is Cc1ccc(-n2c(-c3ccccc3)nn(CN(C)[C@@H]3CCS(=O)(=O)C3)c2=S)cc1C. The van der Waals surface area contributed by atoms with Crippen LogP contribution >= 0.6 is 12.2 Å². The lowest BCUT2D eigenvalue weighted by Gasteiger charge is -2.22. The molecular weight excluding hydrogens is 416 g/mol. The van der Waals surface area contributed by atoms with Crippen molar-refractivity contribution in [1.29, 1.82) is 0 Å². The molecule has 6 nitrogen and oxygen atoms in total. The first kappa shape index (κ1) is 21.0. The van der Waals surface area contributed by atoms with E-state index in [1.165, 1.54) is 11.1 Å². The molecule has 0 unspecified atom stereocenters. The summed E-state index contributed by atoms with van der Waals surface area (Å²) in [5.41, 5.74) is 4.36. The number of aromatic nitrogens is 3. The molecule has 1 aromatic heterocycles. The molecule has 0 aliphatic carbocycles. The quantitative estimate of drug-likeness (QED) is 0.563. The second kappa shape index (κ2) is 8.09. The van der Waals surface area contributed by atoms with Crippen LogP contribution in [-0.4, -0.2) is 52.3 Å². The molecule has 4 rings (SSSR count). The summed E-state index contributed by atoms with van der Waals surface area (Å²) < 4.78 is 28.1. The van der Waals surface area contributed by atoms with Crippen molar-refractivity contribution in [2.45, 2.75) is 33.0 Å². The predicted molar refractivity (Wildman–Crippen MR) is 122 cm³/mol. The largest absolute Gasteiger partial charge is 0.283 e. The Hall–Kier alpha value is -2.29. The number of benzene rings is 2. The Morgan fingerprint density at radius 3 is 2.50 bits per heavy atom. The minimum absolute atomic E-state index is 0.0103.